The minimum atomic E-state index is -3.04. The van der Waals surface area contributed by atoms with Gasteiger partial charge in [0.15, 0.2) is 5.82 Å². The number of amides is 2. The van der Waals surface area contributed by atoms with Crippen LogP contribution in [0.1, 0.15) is 34.0 Å². The SMILES string of the molecule is Cn1nc(NC(=O)CC(NC(=O)OCC2c3ccccc3-c3ccccc32)C(F)F)cc1C(=O)O. The highest BCUT2D eigenvalue weighted by Crippen LogP contribution is 2.44. The Balaban J connectivity index is 1.36. The number of aromatic carboxylic acids is 1. The highest BCUT2D eigenvalue weighted by molar-refractivity contribution is 5.93. The second kappa shape index (κ2) is 9.92. The maximum atomic E-state index is 13.5. The van der Waals surface area contributed by atoms with Crippen molar-refractivity contribution in [3.05, 3.63) is 71.4 Å². The number of alkyl carbamates (subject to hydrolysis) is 1. The number of nitrogens with one attached hydrogen (secondary N) is 2. The van der Waals surface area contributed by atoms with Crippen molar-refractivity contribution in [1.29, 1.82) is 0 Å². The van der Waals surface area contributed by atoms with Crippen molar-refractivity contribution in [2.45, 2.75) is 24.8 Å². The number of hydrogen-bond acceptors (Lipinski definition) is 5. The summed E-state index contributed by atoms with van der Waals surface area (Å²) in [4.78, 5) is 35.6. The number of aryl methyl sites for hydroxylation is 1. The van der Waals surface area contributed by atoms with Gasteiger partial charge in [-0.2, -0.15) is 5.10 Å². The topological polar surface area (TPSA) is 123 Å². The first kappa shape index (κ1) is 23.9. The summed E-state index contributed by atoms with van der Waals surface area (Å²) in [6, 6.07) is 14.7. The van der Waals surface area contributed by atoms with Crippen molar-refractivity contribution in [2.75, 3.05) is 11.9 Å². The number of hydrogen-bond donors (Lipinski definition) is 3. The van der Waals surface area contributed by atoms with Crippen LogP contribution in [0.2, 0.25) is 0 Å². The van der Waals surface area contributed by atoms with E-state index in [0.717, 1.165) is 33.0 Å². The van der Waals surface area contributed by atoms with Gasteiger partial charge in [-0.25, -0.2) is 18.4 Å². The molecule has 182 valence electrons. The van der Waals surface area contributed by atoms with Crippen LogP contribution >= 0.6 is 0 Å². The van der Waals surface area contributed by atoms with Crippen molar-refractivity contribution >= 4 is 23.8 Å². The Kier molecular flexibility index (Phi) is 6.76. The molecule has 0 saturated heterocycles. The summed E-state index contributed by atoms with van der Waals surface area (Å²) in [6.07, 6.45) is -4.88. The lowest BCUT2D eigenvalue weighted by Crippen LogP contribution is -2.43. The first-order chi connectivity index (χ1) is 16.7. The molecule has 0 saturated carbocycles. The van der Waals surface area contributed by atoms with Crippen LogP contribution in [-0.2, 0) is 16.6 Å². The number of rotatable bonds is 8. The minimum Gasteiger partial charge on any atom is -0.477 e. The molecule has 0 radical (unpaired) electrons. The maximum Gasteiger partial charge on any atom is 0.407 e. The number of halogens is 2. The molecule has 0 bridgehead atoms. The Labute approximate surface area is 198 Å². The monoisotopic (exact) mass is 484 g/mol. The number of alkyl halides is 2. The normalized spacial score (nSPS) is 13.1. The zero-order valence-corrected chi connectivity index (χ0v) is 18.6. The van der Waals surface area contributed by atoms with Crippen LogP contribution in [0.25, 0.3) is 11.1 Å². The maximum absolute atomic E-state index is 13.5. The predicted molar refractivity (Wildman–Crippen MR) is 121 cm³/mol. The molecular formula is C24H22F2N4O5. The lowest BCUT2D eigenvalue weighted by atomic mass is 9.98. The van der Waals surface area contributed by atoms with E-state index in [-0.39, 0.29) is 24.0 Å². The molecule has 1 heterocycles. The predicted octanol–water partition coefficient (Wildman–Crippen LogP) is 3.62. The lowest BCUT2D eigenvalue weighted by molar-refractivity contribution is -0.117. The van der Waals surface area contributed by atoms with Gasteiger partial charge >= 0.3 is 12.1 Å². The summed E-state index contributed by atoms with van der Waals surface area (Å²) >= 11 is 0. The molecule has 2 aromatic carbocycles. The standard InChI is InChI=1S/C24H22F2N4O5/c1-30-19(23(32)33)11-20(29-30)28-21(31)10-18(22(25)26)27-24(34)35-12-17-15-8-4-2-6-13(15)14-7-3-5-9-16(14)17/h2-9,11,17-18,22H,10,12H2,1H3,(H,27,34)(H,32,33)(H,28,29,31). The van der Waals surface area contributed by atoms with Crippen LogP contribution in [-0.4, -0.2) is 51.9 Å². The smallest absolute Gasteiger partial charge is 0.407 e. The number of carbonyl (C=O) groups excluding carboxylic acids is 2. The molecule has 35 heavy (non-hydrogen) atoms. The molecule has 1 unspecified atom stereocenters. The summed E-state index contributed by atoms with van der Waals surface area (Å²) in [5.74, 6) is -2.48. The van der Waals surface area contributed by atoms with E-state index in [4.69, 9.17) is 9.84 Å². The second-order valence-electron chi connectivity index (χ2n) is 8.01. The van der Waals surface area contributed by atoms with Crippen LogP contribution in [0, 0.1) is 0 Å². The third kappa shape index (κ3) is 5.13. The van der Waals surface area contributed by atoms with Crippen LogP contribution in [0.4, 0.5) is 19.4 Å². The van der Waals surface area contributed by atoms with Gasteiger partial charge in [0.1, 0.15) is 18.3 Å². The molecule has 1 atom stereocenters. The fraction of sp³-hybridized carbons (Fsp3) is 0.250. The molecule has 2 amide bonds. The Hall–Kier alpha value is -4.28. The molecule has 0 spiro atoms. The van der Waals surface area contributed by atoms with Crippen molar-refractivity contribution < 1.29 is 33.0 Å². The van der Waals surface area contributed by atoms with Gasteiger partial charge in [-0.05, 0) is 22.3 Å². The van der Waals surface area contributed by atoms with E-state index in [1.165, 1.54) is 7.05 Å². The first-order valence-electron chi connectivity index (χ1n) is 10.7. The second-order valence-corrected chi connectivity index (χ2v) is 8.01. The minimum absolute atomic E-state index is 0.0616. The molecule has 1 aromatic heterocycles. The zero-order valence-electron chi connectivity index (χ0n) is 18.6. The van der Waals surface area contributed by atoms with Crippen molar-refractivity contribution in [3.8, 4) is 11.1 Å². The molecule has 1 aliphatic rings. The summed E-state index contributed by atoms with van der Waals surface area (Å²) in [5.41, 5.74) is 3.81. The lowest BCUT2D eigenvalue weighted by Gasteiger charge is -2.19. The van der Waals surface area contributed by atoms with Gasteiger partial charge in [-0.1, -0.05) is 48.5 Å². The number of carboxylic acid groups (broad SMARTS) is 1. The van der Waals surface area contributed by atoms with E-state index in [0.29, 0.717) is 0 Å². The third-order valence-corrected chi connectivity index (χ3v) is 5.72. The van der Waals surface area contributed by atoms with E-state index in [1.54, 1.807) is 0 Å². The zero-order chi connectivity index (χ0) is 25.1. The fourth-order valence-corrected chi connectivity index (χ4v) is 4.12. The van der Waals surface area contributed by atoms with Gasteiger partial charge in [-0.3, -0.25) is 9.48 Å². The van der Waals surface area contributed by atoms with Gasteiger partial charge in [0.05, 0.1) is 6.42 Å². The molecule has 11 heteroatoms. The highest BCUT2D eigenvalue weighted by atomic mass is 19.3. The van der Waals surface area contributed by atoms with E-state index in [2.05, 4.69) is 10.4 Å². The van der Waals surface area contributed by atoms with Crippen molar-refractivity contribution in [2.24, 2.45) is 7.05 Å². The van der Waals surface area contributed by atoms with E-state index in [1.807, 2.05) is 53.8 Å². The van der Waals surface area contributed by atoms with Gasteiger partial charge in [0.25, 0.3) is 6.43 Å². The number of nitrogens with zero attached hydrogens (tertiary/aromatic N) is 2. The number of carbonyl (C=O) groups is 3. The highest BCUT2D eigenvalue weighted by Gasteiger charge is 2.31. The van der Waals surface area contributed by atoms with E-state index >= 15 is 0 Å². The molecule has 4 rings (SSSR count). The number of ether oxygens (including phenoxy) is 1. The largest absolute Gasteiger partial charge is 0.477 e. The summed E-state index contributed by atoms with van der Waals surface area (Å²) in [5, 5.41) is 17.1. The quantitative estimate of drug-likeness (QED) is 0.449. The Morgan fingerprint density at radius 2 is 1.69 bits per heavy atom. The number of carboxylic acids is 1. The molecular weight excluding hydrogens is 462 g/mol. The fourth-order valence-electron chi connectivity index (χ4n) is 4.12. The number of aromatic nitrogens is 2. The van der Waals surface area contributed by atoms with Gasteiger partial charge < -0.3 is 20.5 Å². The third-order valence-electron chi connectivity index (χ3n) is 5.72. The number of anilines is 1. The van der Waals surface area contributed by atoms with Crippen LogP contribution < -0.4 is 10.6 Å². The van der Waals surface area contributed by atoms with Gasteiger partial charge in [0, 0.05) is 19.0 Å². The van der Waals surface area contributed by atoms with E-state index in [9.17, 15) is 23.2 Å². The molecule has 3 N–H and O–H groups in total. The van der Waals surface area contributed by atoms with E-state index < -0.39 is 36.9 Å². The first-order valence-corrected chi connectivity index (χ1v) is 10.7. The average Bonchev–Trinajstić information content (AvgIpc) is 3.34. The van der Waals surface area contributed by atoms with Crippen LogP contribution in [0.15, 0.2) is 54.6 Å². The average molecular weight is 484 g/mol. The molecule has 0 aliphatic heterocycles. The number of benzene rings is 2. The van der Waals surface area contributed by atoms with Crippen LogP contribution in [0.5, 0.6) is 0 Å². The summed E-state index contributed by atoms with van der Waals surface area (Å²) < 4.78 is 33.3. The van der Waals surface area contributed by atoms with Gasteiger partial charge in [-0.15, -0.1) is 0 Å². The van der Waals surface area contributed by atoms with Gasteiger partial charge in [0.2, 0.25) is 5.91 Å². The summed E-state index contributed by atoms with van der Waals surface area (Å²) in [6.45, 7) is -0.0616. The summed E-state index contributed by atoms with van der Waals surface area (Å²) in [7, 11) is 1.36. The molecule has 1 aliphatic carbocycles. The Morgan fingerprint density at radius 1 is 1.09 bits per heavy atom. The van der Waals surface area contributed by atoms with Crippen molar-refractivity contribution in [1.82, 2.24) is 15.1 Å². The van der Waals surface area contributed by atoms with Crippen molar-refractivity contribution in [3.63, 3.8) is 0 Å². The number of fused-ring (bicyclic) bond motifs is 3. The molecule has 9 nitrogen and oxygen atoms in total. The molecule has 3 aromatic rings. The van der Waals surface area contributed by atoms with Crippen LogP contribution in [0.3, 0.4) is 0 Å². The molecule has 0 fully saturated rings. The Bertz CT molecular complexity index is 1230. The Morgan fingerprint density at radius 3 is 2.23 bits per heavy atom.